The highest BCUT2D eigenvalue weighted by Gasteiger charge is 2.31. The molecule has 35 heavy (non-hydrogen) atoms. The summed E-state index contributed by atoms with van der Waals surface area (Å²) < 4.78 is 11.0. The van der Waals surface area contributed by atoms with Crippen molar-refractivity contribution in [2.75, 3.05) is 14.1 Å². The molecule has 4 aromatic rings. The van der Waals surface area contributed by atoms with Crippen molar-refractivity contribution >= 4 is 11.9 Å². The van der Waals surface area contributed by atoms with Crippen molar-refractivity contribution in [1.29, 1.82) is 0 Å². The summed E-state index contributed by atoms with van der Waals surface area (Å²) in [7, 11) is 3.70. The van der Waals surface area contributed by atoms with Gasteiger partial charge in [0, 0.05) is 0 Å². The molecule has 2 N–H and O–H groups in total. The number of hydrogen-bond donors (Lipinski definition) is 2. The standard InChI is InChI=1S/C29H26N2O4/c1-30-29(31-2,23-13-17-25(18-14-23)34-27(32)21-9-5-3-6-10-21)24-15-19-26(20-16-24)35-28(33)22-11-7-4-8-12-22/h3-20,30-31H,1-2H3. The van der Waals surface area contributed by atoms with Gasteiger partial charge in [-0.2, -0.15) is 0 Å². The molecule has 0 atom stereocenters. The van der Waals surface area contributed by atoms with Crippen LogP contribution in [0, 0.1) is 0 Å². The molecule has 0 heterocycles. The minimum atomic E-state index is -0.718. The summed E-state index contributed by atoms with van der Waals surface area (Å²) in [6, 6.07) is 32.3. The van der Waals surface area contributed by atoms with E-state index in [2.05, 4.69) is 10.6 Å². The summed E-state index contributed by atoms with van der Waals surface area (Å²) in [5, 5.41) is 6.69. The molecule has 4 rings (SSSR count). The first-order valence-electron chi connectivity index (χ1n) is 11.2. The van der Waals surface area contributed by atoms with Gasteiger partial charge in [-0.3, -0.25) is 10.6 Å². The highest BCUT2D eigenvalue weighted by Crippen LogP contribution is 2.29. The van der Waals surface area contributed by atoms with E-state index in [-0.39, 0.29) is 0 Å². The van der Waals surface area contributed by atoms with Crippen LogP contribution in [-0.2, 0) is 5.66 Å². The van der Waals surface area contributed by atoms with E-state index in [4.69, 9.17) is 9.47 Å². The molecule has 0 unspecified atom stereocenters. The second-order valence-corrected chi connectivity index (χ2v) is 7.81. The fourth-order valence-electron chi connectivity index (χ4n) is 3.90. The lowest BCUT2D eigenvalue weighted by Gasteiger charge is -2.34. The van der Waals surface area contributed by atoms with Gasteiger partial charge in [0.05, 0.1) is 11.1 Å². The van der Waals surface area contributed by atoms with Crippen LogP contribution in [0.15, 0.2) is 109 Å². The fraction of sp³-hybridized carbons (Fsp3) is 0.103. The molecule has 0 radical (unpaired) electrons. The molecular weight excluding hydrogens is 440 g/mol. The number of hydrogen-bond acceptors (Lipinski definition) is 6. The van der Waals surface area contributed by atoms with Gasteiger partial charge in [-0.25, -0.2) is 9.59 Å². The molecule has 0 amide bonds. The average Bonchev–Trinajstić information content (AvgIpc) is 2.92. The number of rotatable bonds is 8. The minimum absolute atomic E-state index is 0.410. The van der Waals surface area contributed by atoms with Crippen LogP contribution in [0.4, 0.5) is 0 Å². The largest absolute Gasteiger partial charge is 0.423 e. The Labute approximate surface area is 204 Å². The van der Waals surface area contributed by atoms with Crippen LogP contribution in [0.5, 0.6) is 11.5 Å². The van der Waals surface area contributed by atoms with Crippen LogP contribution in [0.25, 0.3) is 0 Å². The number of ether oxygens (including phenoxy) is 2. The Kier molecular flexibility index (Phi) is 7.35. The molecule has 0 bridgehead atoms. The van der Waals surface area contributed by atoms with E-state index in [0.717, 1.165) is 11.1 Å². The monoisotopic (exact) mass is 466 g/mol. The third-order valence-electron chi connectivity index (χ3n) is 5.76. The van der Waals surface area contributed by atoms with Crippen molar-refractivity contribution < 1.29 is 19.1 Å². The SMILES string of the molecule is CNC(NC)(c1ccc(OC(=O)c2ccccc2)cc1)c1ccc(OC(=O)c2ccccc2)cc1. The highest BCUT2D eigenvalue weighted by atomic mass is 16.5. The van der Waals surface area contributed by atoms with Crippen LogP contribution < -0.4 is 20.1 Å². The second kappa shape index (κ2) is 10.8. The van der Waals surface area contributed by atoms with Gasteiger partial charge in [0.1, 0.15) is 17.2 Å². The van der Waals surface area contributed by atoms with E-state index in [1.807, 2.05) is 50.5 Å². The topological polar surface area (TPSA) is 76.7 Å². The van der Waals surface area contributed by atoms with Gasteiger partial charge in [-0.1, -0.05) is 60.7 Å². The molecule has 0 spiro atoms. The van der Waals surface area contributed by atoms with E-state index in [1.54, 1.807) is 72.8 Å². The summed E-state index contributed by atoms with van der Waals surface area (Å²) in [6.45, 7) is 0. The maximum absolute atomic E-state index is 12.3. The van der Waals surface area contributed by atoms with E-state index in [1.165, 1.54) is 0 Å². The molecule has 0 aliphatic rings. The van der Waals surface area contributed by atoms with Gasteiger partial charge >= 0.3 is 11.9 Å². The van der Waals surface area contributed by atoms with Crippen LogP contribution in [0.2, 0.25) is 0 Å². The van der Waals surface area contributed by atoms with E-state index >= 15 is 0 Å². The second-order valence-electron chi connectivity index (χ2n) is 7.81. The first-order chi connectivity index (χ1) is 17.1. The molecule has 0 aliphatic heterocycles. The summed E-state index contributed by atoms with van der Waals surface area (Å²) in [5.74, 6) is 0.0822. The van der Waals surface area contributed by atoms with Crippen molar-refractivity contribution in [3.8, 4) is 11.5 Å². The zero-order valence-corrected chi connectivity index (χ0v) is 19.5. The zero-order valence-electron chi connectivity index (χ0n) is 19.5. The Hall–Kier alpha value is -4.26. The first-order valence-corrected chi connectivity index (χ1v) is 11.2. The fourth-order valence-corrected chi connectivity index (χ4v) is 3.90. The van der Waals surface area contributed by atoms with Crippen molar-refractivity contribution in [1.82, 2.24) is 10.6 Å². The predicted octanol–water partition coefficient (Wildman–Crippen LogP) is 4.76. The van der Waals surface area contributed by atoms with Gasteiger partial charge in [-0.15, -0.1) is 0 Å². The number of carbonyl (C=O) groups excluding carboxylic acids is 2. The van der Waals surface area contributed by atoms with Crippen molar-refractivity contribution in [3.05, 3.63) is 131 Å². The maximum Gasteiger partial charge on any atom is 0.343 e. The summed E-state index contributed by atoms with van der Waals surface area (Å²) in [4.78, 5) is 24.7. The van der Waals surface area contributed by atoms with Crippen LogP contribution in [0.1, 0.15) is 31.8 Å². The normalized spacial score (nSPS) is 11.0. The van der Waals surface area contributed by atoms with E-state index < -0.39 is 17.6 Å². The van der Waals surface area contributed by atoms with Crippen molar-refractivity contribution in [2.24, 2.45) is 0 Å². The molecule has 0 saturated heterocycles. The molecular formula is C29H26N2O4. The first kappa shape index (κ1) is 23.9. The Bertz CT molecular complexity index is 1170. The van der Waals surface area contributed by atoms with Crippen LogP contribution in [-0.4, -0.2) is 26.0 Å². The average molecular weight is 467 g/mol. The van der Waals surface area contributed by atoms with Crippen molar-refractivity contribution in [2.45, 2.75) is 5.66 Å². The molecule has 0 aliphatic carbocycles. The Morgan fingerprint density at radius 1 is 0.543 bits per heavy atom. The Morgan fingerprint density at radius 3 is 1.20 bits per heavy atom. The van der Waals surface area contributed by atoms with Gasteiger partial charge in [0.25, 0.3) is 0 Å². The molecule has 6 nitrogen and oxygen atoms in total. The lowest BCUT2D eigenvalue weighted by Crippen LogP contribution is -2.51. The van der Waals surface area contributed by atoms with Crippen LogP contribution >= 0.6 is 0 Å². The summed E-state index contributed by atoms with van der Waals surface area (Å²) in [5.41, 5.74) is 2.09. The third-order valence-corrected chi connectivity index (χ3v) is 5.76. The molecule has 6 heteroatoms. The molecule has 0 aromatic heterocycles. The number of esters is 2. The number of carbonyl (C=O) groups is 2. The lowest BCUT2D eigenvalue weighted by atomic mass is 9.91. The maximum atomic E-state index is 12.3. The van der Waals surface area contributed by atoms with Gasteiger partial charge in [0.15, 0.2) is 0 Å². The molecule has 0 saturated carbocycles. The third kappa shape index (κ3) is 5.30. The quantitative estimate of drug-likeness (QED) is 0.221. The minimum Gasteiger partial charge on any atom is -0.423 e. The summed E-state index contributed by atoms with van der Waals surface area (Å²) >= 11 is 0. The van der Waals surface area contributed by atoms with Gasteiger partial charge in [-0.05, 0) is 73.8 Å². The zero-order chi connectivity index (χ0) is 24.7. The molecule has 0 fully saturated rings. The Morgan fingerprint density at radius 2 is 0.886 bits per heavy atom. The van der Waals surface area contributed by atoms with Crippen molar-refractivity contribution in [3.63, 3.8) is 0 Å². The molecule has 176 valence electrons. The molecule has 4 aromatic carbocycles. The van der Waals surface area contributed by atoms with E-state index in [9.17, 15) is 9.59 Å². The highest BCUT2D eigenvalue weighted by molar-refractivity contribution is 5.91. The smallest absolute Gasteiger partial charge is 0.343 e. The summed E-state index contributed by atoms with van der Waals surface area (Å²) in [6.07, 6.45) is 0. The van der Waals surface area contributed by atoms with Gasteiger partial charge < -0.3 is 9.47 Å². The number of benzene rings is 4. The number of nitrogens with one attached hydrogen (secondary N) is 2. The predicted molar refractivity (Wildman–Crippen MR) is 135 cm³/mol. The van der Waals surface area contributed by atoms with Gasteiger partial charge in [0.2, 0.25) is 0 Å². The van der Waals surface area contributed by atoms with Crippen LogP contribution in [0.3, 0.4) is 0 Å². The lowest BCUT2D eigenvalue weighted by molar-refractivity contribution is 0.0725. The van der Waals surface area contributed by atoms with E-state index in [0.29, 0.717) is 22.6 Å². The Balaban J connectivity index is 1.51.